The second-order valence-electron chi connectivity index (χ2n) is 6.03. The van der Waals surface area contributed by atoms with E-state index >= 15 is 0 Å². The van der Waals surface area contributed by atoms with Crippen LogP contribution in [0.2, 0.25) is 0 Å². The first kappa shape index (κ1) is 18.7. The number of aryl methyl sites for hydroxylation is 1. The number of hydrogen-bond donors (Lipinski definition) is 1. The van der Waals surface area contributed by atoms with Crippen LogP contribution in [0.15, 0.2) is 77.2 Å². The van der Waals surface area contributed by atoms with Crippen molar-refractivity contribution in [3.05, 3.63) is 89.8 Å². The lowest BCUT2D eigenvalue weighted by Crippen LogP contribution is -2.02. The topological polar surface area (TPSA) is 55.5 Å². The zero-order valence-electron chi connectivity index (χ0n) is 15.3. The van der Waals surface area contributed by atoms with Crippen molar-refractivity contribution in [2.24, 2.45) is 0 Å². The number of allylic oxidation sites excluding steroid dienone is 2. The molecule has 0 bridgehead atoms. The molecule has 0 spiro atoms. The van der Waals surface area contributed by atoms with E-state index in [1.54, 1.807) is 6.08 Å². The number of ether oxygens (including phenoxy) is 1. The van der Waals surface area contributed by atoms with E-state index in [9.17, 15) is 0 Å². The fourth-order valence-corrected chi connectivity index (χ4v) is 2.61. The number of oxazole rings is 1. The number of aliphatic hydroxyl groups is 1. The maximum absolute atomic E-state index is 8.69. The van der Waals surface area contributed by atoms with Crippen molar-refractivity contribution in [1.29, 1.82) is 0 Å². The first-order chi connectivity index (χ1) is 13.3. The first-order valence-electron chi connectivity index (χ1n) is 8.95. The highest BCUT2D eigenvalue weighted by atomic mass is 16.5. The van der Waals surface area contributed by atoms with Gasteiger partial charge in [-0.1, -0.05) is 54.6 Å². The number of rotatable bonds is 8. The standard InChI is InChI=1S/C23H23NO3/c1-18-22(24-23(27-18)20-9-5-2-6-10-20)15-17-26-21-13-11-19(12-14-21)8-4-3-7-16-25/h2-14,25H,15-17H2,1H3/b7-3+,8-4+. The normalized spacial score (nSPS) is 11.5. The summed E-state index contributed by atoms with van der Waals surface area (Å²) in [6.07, 6.45) is 8.05. The van der Waals surface area contributed by atoms with E-state index in [1.165, 1.54) is 0 Å². The van der Waals surface area contributed by atoms with E-state index in [4.69, 9.17) is 14.3 Å². The number of aliphatic hydroxyl groups excluding tert-OH is 1. The Balaban J connectivity index is 1.53. The maximum atomic E-state index is 8.69. The van der Waals surface area contributed by atoms with Crippen LogP contribution in [0.3, 0.4) is 0 Å². The molecule has 27 heavy (non-hydrogen) atoms. The minimum atomic E-state index is 0.0505. The van der Waals surface area contributed by atoms with Crippen LogP contribution in [0.5, 0.6) is 5.75 Å². The van der Waals surface area contributed by atoms with Gasteiger partial charge in [0.25, 0.3) is 0 Å². The summed E-state index contributed by atoms with van der Waals surface area (Å²) >= 11 is 0. The summed E-state index contributed by atoms with van der Waals surface area (Å²) in [7, 11) is 0. The molecule has 3 aromatic rings. The third-order valence-corrected chi connectivity index (χ3v) is 4.04. The molecule has 138 valence electrons. The Labute approximate surface area is 159 Å². The molecule has 2 aromatic carbocycles. The molecule has 0 aliphatic carbocycles. The average molecular weight is 361 g/mol. The number of aromatic nitrogens is 1. The fourth-order valence-electron chi connectivity index (χ4n) is 2.61. The molecule has 4 heteroatoms. The van der Waals surface area contributed by atoms with Gasteiger partial charge in [0, 0.05) is 12.0 Å². The van der Waals surface area contributed by atoms with Crippen LogP contribution in [0.25, 0.3) is 17.5 Å². The Kier molecular flexibility index (Phi) is 6.61. The molecule has 0 saturated carbocycles. The Bertz CT molecular complexity index is 893. The Morgan fingerprint density at radius 1 is 1.04 bits per heavy atom. The molecule has 1 heterocycles. The van der Waals surface area contributed by atoms with Gasteiger partial charge < -0.3 is 14.3 Å². The quantitative estimate of drug-likeness (QED) is 0.584. The van der Waals surface area contributed by atoms with E-state index < -0.39 is 0 Å². The lowest BCUT2D eigenvalue weighted by Gasteiger charge is -2.05. The highest BCUT2D eigenvalue weighted by molar-refractivity contribution is 5.53. The number of nitrogens with zero attached hydrogens (tertiary/aromatic N) is 1. The molecule has 0 radical (unpaired) electrons. The van der Waals surface area contributed by atoms with Gasteiger partial charge in [0.1, 0.15) is 11.5 Å². The van der Waals surface area contributed by atoms with Crippen molar-refractivity contribution >= 4 is 6.08 Å². The van der Waals surface area contributed by atoms with Gasteiger partial charge in [0.15, 0.2) is 0 Å². The van der Waals surface area contributed by atoms with Crippen molar-refractivity contribution in [1.82, 2.24) is 4.98 Å². The van der Waals surface area contributed by atoms with Crippen LogP contribution in [-0.2, 0) is 6.42 Å². The van der Waals surface area contributed by atoms with Gasteiger partial charge in [-0.15, -0.1) is 0 Å². The minimum absolute atomic E-state index is 0.0505. The SMILES string of the molecule is Cc1oc(-c2ccccc2)nc1CCOc1ccc(/C=C/C=C/CO)cc1. The van der Waals surface area contributed by atoms with Gasteiger partial charge in [-0.3, -0.25) is 0 Å². The number of benzene rings is 2. The monoisotopic (exact) mass is 361 g/mol. The molecule has 1 aromatic heterocycles. The van der Waals surface area contributed by atoms with Crippen molar-refractivity contribution < 1.29 is 14.3 Å². The molecular weight excluding hydrogens is 338 g/mol. The van der Waals surface area contributed by atoms with Crippen molar-refractivity contribution in [2.45, 2.75) is 13.3 Å². The molecular formula is C23H23NO3. The van der Waals surface area contributed by atoms with Crippen LogP contribution in [0, 0.1) is 6.92 Å². The van der Waals surface area contributed by atoms with E-state index in [0.29, 0.717) is 18.9 Å². The summed E-state index contributed by atoms with van der Waals surface area (Å²) in [5, 5.41) is 8.69. The van der Waals surface area contributed by atoms with Crippen molar-refractivity contribution in [3.63, 3.8) is 0 Å². The van der Waals surface area contributed by atoms with E-state index in [1.807, 2.05) is 79.7 Å². The molecule has 0 atom stereocenters. The summed E-state index contributed by atoms with van der Waals surface area (Å²) in [4.78, 5) is 4.59. The predicted octanol–water partition coefficient (Wildman–Crippen LogP) is 4.83. The molecule has 0 aliphatic heterocycles. The smallest absolute Gasteiger partial charge is 0.226 e. The predicted molar refractivity (Wildman–Crippen MR) is 108 cm³/mol. The Hall–Kier alpha value is -3.11. The lowest BCUT2D eigenvalue weighted by atomic mass is 10.2. The van der Waals surface area contributed by atoms with Crippen LogP contribution in [0.4, 0.5) is 0 Å². The zero-order valence-corrected chi connectivity index (χ0v) is 15.3. The molecule has 0 fully saturated rings. The van der Waals surface area contributed by atoms with Crippen molar-refractivity contribution in [2.75, 3.05) is 13.2 Å². The Morgan fingerprint density at radius 3 is 2.56 bits per heavy atom. The van der Waals surface area contributed by atoms with Gasteiger partial charge in [-0.25, -0.2) is 4.98 Å². The van der Waals surface area contributed by atoms with Gasteiger partial charge in [-0.2, -0.15) is 0 Å². The molecule has 0 saturated heterocycles. The molecule has 0 unspecified atom stereocenters. The second-order valence-corrected chi connectivity index (χ2v) is 6.03. The summed E-state index contributed by atoms with van der Waals surface area (Å²) in [6, 6.07) is 17.8. The van der Waals surface area contributed by atoms with Gasteiger partial charge >= 0.3 is 0 Å². The van der Waals surface area contributed by atoms with E-state index in [0.717, 1.165) is 28.3 Å². The third kappa shape index (κ3) is 5.43. The first-order valence-corrected chi connectivity index (χ1v) is 8.95. The van der Waals surface area contributed by atoms with Crippen LogP contribution in [0.1, 0.15) is 17.0 Å². The molecule has 1 N–H and O–H groups in total. The highest BCUT2D eigenvalue weighted by Gasteiger charge is 2.11. The summed E-state index contributed by atoms with van der Waals surface area (Å²) in [5.41, 5.74) is 2.97. The zero-order chi connectivity index (χ0) is 18.9. The molecule has 0 amide bonds. The third-order valence-electron chi connectivity index (χ3n) is 4.04. The summed E-state index contributed by atoms with van der Waals surface area (Å²) in [5.74, 6) is 2.30. The number of hydrogen-bond acceptors (Lipinski definition) is 4. The largest absolute Gasteiger partial charge is 0.493 e. The molecule has 0 aliphatic rings. The Morgan fingerprint density at radius 2 is 1.81 bits per heavy atom. The summed E-state index contributed by atoms with van der Waals surface area (Å²) in [6.45, 7) is 2.52. The summed E-state index contributed by atoms with van der Waals surface area (Å²) < 4.78 is 11.6. The van der Waals surface area contributed by atoms with Crippen LogP contribution >= 0.6 is 0 Å². The van der Waals surface area contributed by atoms with Gasteiger partial charge in [0.05, 0.1) is 18.9 Å². The van der Waals surface area contributed by atoms with Gasteiger partial charge in [0.2, 0.25) is 5.89 Å². The fraction of sp³-hybridized carbons (Fsp3) is 0.174. The highest BCUT2D eigenvalue weighted by Crippen LogP contribution is 2.22. The molecule has 4 nitrogen and oxygen atoms in total. The molecule has 3 rings (SSSR count). The van der Waals surface area contributed by atoms with Crippen LogP contribution < -0.4 is 4.74 Å². The van der Waals surface area contributed by atoms with Gasteiger partial charge in [-0.05, 0) is 36.8 Å². The maximum Gasteiger partial charge on any atom is 0.226 e. The second kappa shape index (κ2) is 9.55. The van der Waals surface area contributed by atoms with Crippen molar-refractivity contribution in [3.8, 4) is 17.2 Å². The van der Waals surface area contributed by atoms with E-state index in [-0.39, 0.29) is 6.61 Å². The minimum Gasteiger partial charge on any atom is -0.493 e. The average Bonchev–Trinajstić information content (AvgIpc) is 3.08. The van der Waals surface area contributed by atoms with E-state index in [2.05, 4.69) is 4.98 Å². The lowest BCUT2D eigenvalue weighted by molar-refractivity contribution is 0.320. The van der Waals surface area contributed by atoms with Crippen LogP contribution in [-0.4, -0.2) is 23.3 Å².